The van der Waals surface area contributed by atoms with Gasteiger partial charge in [0.1, 0.15) is 22.9 Å². The summed E-state index contributed by atoms with van der Waals surface area (Å²) in [6.07, 6.45) is 4.51. The molecule has 12 heteroatoms. The fourth-order valence-corrected chi connectivity index (χ4v) is 4.54. The number of fused-ring (bicyclic) bond motifs is 1. The smallest absolute Gasteiger partial charge is 0.274 e. The van der Waals surface area contributed by atoms with Gasteiger partial charge in [0.05, 0.1) is 24.4 Å². The summed E-state index contributed by atoms with van der Waals surface area (Å²) >= 11 is 0. The number of amides is 1. The summed E-state index contributed by atoms with van der Waals surface area (Å²) in [4.78, 5) is 30.2. The van der Waals surface area contributed by atoms with Crippen molar-refractivity contribution >= 4 is 28.9 Å². The molecule has 0 aliphatic heterocycles. The zero-order valence-corrected chi connectivity index (χ0v) is 18.5. The van der Waals surface area contributed by atoms with Gasteiger partial charge in [-0.3, -0.25) is 9.59 Å². The molecule has 3 aromatic rings. The molecule has 0 bridgehead atoms. The van der Waals surface area contributed by atoms with E-state index in [2.05, 4.69) is 26.0 Å². The second kappa shape index (κ2) is 8.35. The zero-order chi connectivity index (χ0) is 24.0. The van der Waals surface area contributed by atoms with Crippen LogP contribution >= 0.6 is 0 Å². The van der Waals surface area contributed by atoms with Gasteiger partial charge in [-0.1, -0.05) is 0 Å². The highest BCUT2D eigenvalue weighted by Crippen LogP contribution is 2.37. The lowest BCUT2D eigenvalue weighted by molar-refractivity contribution is -0.102. The van der Waals surface area contributed by atoms with Crippen molar-refractivity contribution in [3.8, 4) is 0 Å². The van der Waals surface area contributed by atoms with Crippen molar-refractivity contribution in [2.24, 2.45) is 0 Å². The van der Waals surface area contributed by atoms with Crippen molar-refractivity contribution in [3.63, 3.8) is 0 Å². The number of nitrogens with one attached hydrogen (secondary N) is 3. The van der Waals surface area contributed by atoms with Gasteiger partial charge in [0.25, 0.3) is 17.4 Å². The van der Waals surface area contributed by atoms with Crippen LogP contribution in [0.3, 0.4) is 0 Å². The highest BCUT2D eigenvalue weighted by Gasteiger charge is 2.49. The number of aromatic nitrogens is 4. The van der Waals surface area contributed by atoms with Crippen LogP contribution in [0, 0.1) is 0 Å². The molecule has 0 radical (unpaired) electrons. The van der Waals surface area contributed by atoms with E-state index in [-0.39, 0.29) is 47.2 Å². The van der Waals surface area contributed by atoms with E-state index in [0.717, 1.165) is 6.42 Å². The number of pyridine rings is 1. The predicted molar refractivity (Wildman–Crippen MR) is 121 cm³/mol. The number of anilines is 3. The van der Waals surface area contributed by atoms with E-state index in [4.69, 9.17) is 0 Å². The van der Waals surface area contributed by atoms with Gasteiger partial charge < -0.3 is 25.6 Å². The summed E-state index contributed by atoms with van der Waals surface area (Å²) in [5.74, 6) is -2.87. The summed E-state index contributed by atoms with van der Waals surface area (Å²) < 4.78 is 30.2. The number of halogens is 2. The largest absolute Gasteiger partial charge is 0.391 e. The molecule has 1 amide bonds. The van der Waals surface area contributed by atoms with Gasteiger partial charge in [0, 0.05) is 25.7 Å². The molecule has 0 aromatic carbocycles. The molecule has 3 aromatic heterocycles. The van der Waals surface area contributed by atoms with Crippen LogP contribution < -0.4 is 21.5 Å². The maximum atomic E-state index is 13.6. The number of hydrogen-bond donors (Lipinski definition) is 4. The number of nitrogens with zero attached hydrogens (tertiary/aromatic N) is 4. The third kappa shape index (κ3) is 3.77. The van der Waals surface area contributed by atoms with Gasteiger partial charge in [-0.2, -0.15) is 9.61 Å². The number of aliphatic hydroxyl groups is 1. The SMILES string of the molecule is CNc1cc(Nc2cccn([C@@H]3CCC[C@@H]3O)c2=O)nc2c(C(=O)N[C@H]3CCC3(F)F)cnn12. The monoisotopic (exact) mass is 473 g/mol. The molecule has 2 fully saturated rings. The highest BCUT2D eigenvalue weighted by atomic mass is 19.3. The molecule has 2 aliphatic rings. The Labute approximate surface area is 193 Å². The molecule has 5 rings (SSSR count). The predicted octanol–water partition coefficient (Wildman–Crippen LogP) is 2.29. The van der Waals surface area contributed by atoms with Gasteiger partial charge in [-0.15, -0.1) is 0 Å². The normalized spacial score (nSPS) is 23.5. The Hall–Kier alpha value is -3.54. The minimum absolute atomic E-state index is 0.0439. The van der Waals surface area contributed by atoms with Crippen LogP contribution in [0.5, 0.6) is 0 Å². The van der Waals surface area contributed by atoms with Crippen molar-refractivity contribution in [1.82, 2.24) is 24.5 Å². The number of alkyl halides is 2. The van der Waals surface area contributed by atoms with Gasteiger partial charge >= 0.3 is 0 Å². The van der Waals surface area contributed by atoms with Gasteiger partial charge in [-0.05, 0) is 37.8 Å². The average Bonchev–Trinajstić information content (AvgIpc) is 3.43. The first-order chi connectivity index (χ1) is 16.3. The second-order valence-corrected chi connectivity index (χ2v) is 8.72. The fourth-order valence-electron chi connectivity index (χ4n) is 4.54. The molecule has 3 heterocycles. The van der Waals surface area contributed by atoms with Crippen LogP contribution in [-0.2, 0) is 0 Å². The number of aliphatic hydroxyl groups excluding tert-OH is 1. The first-order valence-corrected chi connectivity index (χ1v) is 11.2. The molecule has 0 unspecified atom stereocenters. The molecule has 0 spiro atoms. The molecule has 180 valence electrons. The molecule has 3 atom stereocenters. The van der Waals surface area contributed by atoms with E-state index in [1.165, 1.54) is 15.3 Å². The number of carbonyl (C=O) groups is 1. The molecular formula is C22H25F2N7O3. The highest BCUT2D eigenvalue weighted by molar-refractivity contribution is 6.00. The lowest BCUT2D eigenvalue weighted by Gasteiger charge is -2.36. The minimum Gasteiger partial charge on any atom is -0.391 e. The minimum atomic E-state index is -2.92. The van der Waals surface area contributed by atoms with E-state index in [9.17, 15) is 23.5 Å². The van der Waals surface area contributed by atoms with Crippen LogP contribution in [0.1, 0.15) is 48.5 Å². The molecule has 2 saturated carbocycles. The summed E-state index contributed by atoms with van der Waals surface area (Å²) in [5, 5.41) is 22.7. The van der Waals surface area contributed by atoms with Crippen molar-refractivity contribution in [1.29, 1.82) is 0 Å². The molecule has 4 N–H and O–H groups in total. The molecule has 0 saturated heterocycles. The van der Waals surface area contributed by atoms with Crippen LogP contribution in [0.15, 0.2) is 35.4 Å². The van der Waals surface area contributed by atoms with E-state index >= 15 is 0 Å². The van der Waals surface area contributed by atoms with Gasteiger partial charge in [0.2, 0.25) is 0 Å². The standard InChI is InChI=1S/C22H25F2N7O3/c1-25-18-10-17(27-13-4-3-9-30(21(13)34)14-5-2-6-15(14)32)29-19-12(11-26-31(18)19)20(33)28-16-7-8-22(16,23)24/h3-4,9-11,14-16,25,32H,2,5-8H2,1H3,(H,27,29)(H,28,33)/t14-,15+,16+/m1/s1. The van der Waals surface area contributed by atoms with E-state index in [0.29, 0.717) is 18.7 Å². The number of hydrogen-bond acceptors (Lipinski definition) is 7. The fraction of sp³-hybridized carbons (Fsp3) is 0.455. The third-order valence-electron chi connectivity index (χ3n) is 6.59. The number of carbonyl (C=O) groups excluding carboxylic acids is 1. The van der Waals surface area contributed by atoms with Crippen LogP contribution in [0.25, 0.3) is 5.65 Å². The average molecular weight is 473 g/mol. The molecule has 34 heavy (non-hydrogen) atoms. The van der Waals surface area contributed by atoms with Gasteiger partial charge in [-0.25, -0.2) is 13.8 Å². The molecule has 2 aliphatic carbocycles. The summed E-state index contributed by atoms with van der Waals surface area (Å²) in [6, 6.07) is 3.43. The third-order valence-corrected chi connectivity index (χ3v) is 6.59. The summed E-state index contributed by atoms with van der Waals surface area (Å²) in [7, 11) is 1.66. The summed E-state index contributed by atoms with van der Waals surface area (Å²) in [5.41, 5.74) is 0.138. The lowest BCUT2D eigenvalue weighted by atomic mass is 9.88. The molecule has 10 nitrogen and oxygen atoms in total. The van der Waals surface area contributed by atoms with E-state index < -0.39 is 24.0 Å². The van der Waals surface area contributed by atoms with Crippen LogP contribution in [-0.4, -0.2) is 55.3 Å². The Morgan fingerprint density at radius 2 is 2.12 bits per heavy atom. The van der Waals surface area contributed by atoms with E-state index in [1.54, 1.807) is 31.4 Å². The first-order valence-electron chi connectivity index (χ1n) is 11.2. The van der Waals surface area contributed by atoms with Crippen LogP contribution in [0.2, 0.25) is 0 Å². The Balaban J connectivity index is 1.47. The maximum Gasteiger partial charge on any atom is 0.274 e. The van der Waals surface area contributed by atoms with Crippen molar-refractivity contribution < 1.29 is 18.7 Å². The Morgan fingerprint density at radius 3 is 2.76 bits per heavy atom. The van der Waals surface area contributed by atoms with Crippen molar-refractivity contribution in [2.75, 3.05) is 17.7 Å². The Kier molecular flexibility index (Phi) is 5.47. The van der Waals surface area contributed by atoms with Crippen molar-refractivity contribution in [2.45, 2.75) is 56.2 Å². The van der Waals surface area contributed by atoms with E-state index in [1.807, 2.05) is 0 Å². The van der Waals surface area contributed by atoms with Gasteiger partial charge in [0.15, 0.2) is 5.65 Å². The maximum absolute atomic E-state index is 13.6. The second-order valence-electron chi connectivity index (χ2n) is 8.72. The Morgan fingerprint density at radius 1 is 1.29 bits per heavy atom. The first kappa shape index (κ1) is 22.3. The number of rotatable bonds is 6. The topological polar surface area (TPSA) is 126 Å². The quantitative estimate of drug-likeness (QED) is 0.433. The summed E-state index contributed by atoms with van der Waals surface area (Å²) in [6.45, 7) is 0. The van der Waals surface area contributed by atoms with Crippen molar-refractivity contribution in [3.05, 3.63) is 46.5 Å². The zero-order valence-electron chi connectivity index (χ0n) is 18.5. The lowest BCUT2D eigenvalue weighted by Crippen LogP contribution is -2.55. The molecular weight excluding hydrogens is 448 g/mol. The van der Waals surface area contributed by atoms with Crippen LogP contribution in [0.4, 0.5) is 26.1 Å². The Bertz CT molecular complexity index is 1310.